The van der Waals surface area contributed by atoms with Gasteiger partial charge in [0, 0.05) is 45.0 Å². The number of nitrogens with one attached hydrogen (secondary N) is 1. The fourth-order valence-corrected chi connectivity index (χ4v) is 4.48. The third kappa shape index (κ3) is 3.44. The van der Waals surface area contributed by atoms with Crippen molar-refractivity contribution in [3.63, 3.8) is 0 Å². The minimum atomic E-state index is -0.327. The summed E-state index contributed by atoms with van der Waals surface area (Å²) in [5.74, 6) is 3.32. The first-order valence-electron chi connectivity index (χ1n) is 11.1. The molecule has 2 aliphatic rings. The highest BCUT2D eigenvalue weighted by molar-refractivity contribution is 5.92. The van der Waals surface area contributed by atoms with Crippen LogP contribution >= 0.6 is 0 Å². The van der Waals surface area contributed by atoms with E-state index in [1.807, 2.05) is 24.0 Å². The van der Waals surface area contributed by atoms with Crippen molar-refractivity contribution in [2.75, 3.05) is 29.9 Å². The lowest BCUT2D eigenvalue weighted by molar-refractivity contribution is 0.198. The normalized spacial score (nSPS) is 20.4. The predicted molar refractivity (Wildman–Crippen MR) is 123 cm³/mol. The highest BCUT2D eigenvalue weighted by Crippen LogP contribution is 2.34. The molecule has 33 heavy (non-hydrogen) atoms. The minimum absolute atomic E-state index is 0.0812. The molecule has 11 nitrogen and oxygen atoms in total. The number of anilines is 3. The van der Waals surface area contributed by atoms with Crippen LogP contribution in [0.3, 0.4) is 0 Å². The summed E-state index contributed by atoms with van der Waals surface area (Å²) in [5.41, 5.74) is 1.72. The summed E-state index contributed by atoms with van der Waals surface area (Å²) in [6.45, 7) is 3.98. The van der Waals surface area contributed by atoms with Gasteiger partial charge in [0.05, 0.1) is 35.9 Å². The van der Waals surface area contributed by atoms with E-state index < -0.39 is 0 Å². The average molecular weight is 448 g/mol. The standard InChI is InChI=1S/C22H25N9O2/c1-13-5-8-33-22-16(11-25-29(22)2)20-23-6-3-18(27-20)26-19-9-17-15(10-24-19)21(28-31(13)17)30-7-4-14(32)12-30/h3,6,9-11,13-14,32H,4-5,7-8,12H2,1-2H3,(H,23,24,26,27). The van der Waals surface area contributed by atoms with Crippen LogP contribution in [0.25, 0.3) is 22.3 Å². The average Bonchev–Trinajstić information content (AvgIpc) is 3.50. The van der Waals surface area contributed by atoms with Gasteiger partial charge in [0.2, 0.25) is 5.88 Å². The van der Waals surface area contributed by atoms with E-state index >= 15 is 0 Å². The number of aliphatic hydroxyl groups excluding tert-OH is 1. The number of aromatic nitrogens is 7. The number of hydrogen-bond acceptors (Lipinski definition) is 9. The molecule has 0 radical (unpaired) electrons. The summed E-state index contributed by atoms with van der Waals surface area (Å²) in [5, 5.41) is 23.6. The molecule has 4 aromatic heterocycles. The summed E-state index contributed by atoms with van der Waals surface area (Å²) in [6, 6.07) is 3.88. The Labute approximate surface area is 190 Å². The van der Waals surface area contributed by atoms with E-state index in [9.17, 15) is 5.11 Å². The summed E-state index contributed by atoms with van der Waals surface area (Å²) in [4.78, 5) is 15.8. The second-order valence-corrected chi connectivity index (χ2v) is 8.61. The van der Waals surface area contributed by atoms with Gasteiger partial charge in [-0.3, -0.25) is 4.68 Å². The van der Waals surface area contributed by atoms with E-state index in [0.717, 1.165) is 41.7 Å². The molecule has 6 heterocycles. The Morgan fingerprint density at radius 2 is 2.09 bits per heavy atom. The quantitative estimate of drug-likeness (QED) is 0.453. The molecule has 6 rings (SSSR count). The van der Waals surface area contributed by atoms with Gasteiger partial charge in [-0.25, -0.2) is 19.6 Å². The van der Waals surface area contributed by atoms with Crippen LogP contribution in [0.2, 0.25) is 0 Å². The summed E-state index contributed by atoms with van der Waals surface area (Å²) < 4.78 is 9.88. The molecule has 0 amide bonds. The van der Waals surface area contributed by atoms with E-state index in [1.54, 1.807) is 23.1 Å². The molecule has 4 aromatic rings. The van der Waals surface area contributed by atoms with Crippen LogP contribution < -0.4 is 15.0 Å². The monoisotopic (exact) mass is 447 g/mol. The molecule has 0 spiro atoms. The van der Waals surface area contributed by atoms with Crippen LogP contribution in [0.4, 0.5) is 17.5 Å². The van der Waals surface area contributed by atoms with Crippen molar-refractivity contribution in [3.05, 3.63) is 30.7 Å². The zero-order valence-electron chi connectivity index (χ0n) is 18.5. The van der Waals surface area contributed by atoms with Crippen LogP contribution in [0.1, 0.15) is 25.8 Å². The van der Waals surface area contributed by atoms with Crippen molar-refractivity contribution in [1.29, 1.82) is 0 Å². The molecule has 4 bridgehead atoms. The van der Waals surface area contributed by atoms with Gasteiger partial charge < -0.3 is 20.1 Å². The van der Waals surface area contributed by atoms with Gasteiger partial charge in [-0.2, -0.15) is 10.2 Å². The summed E-state index contributed by atoms with van der Waals surface area (Å²) in [7, 11) is 1.84. The number of aliphatic hydroxyl groups is 1. The number of ether oxygens (including phenoxy) is 1. The number of aryl methyl sites for hydroxylation is 1. The molecule has 0 aromatic carbocycles. The van der Waals surface area contributed by atoms with Gasteiger partial charge in [0.15, 0.2) is 11.6 Å². The number of pyridine rings is 1. The molecular formula is C22H25N9O2. The maximum absolute atomic E-state index is 10.1. The lowest BCUT2D eigenvalue weighted by Gasteiger charge is -2.16. The first-order valence-corrected chi connectivity index (χ1v) is 11.1. The van der Waals surface area contributed by atoms with Gasteiger partial charge in [-0.15, -0.1) is 0 Å². The third-order valence-electron chi connectivity index (χ3n) is 6.26. The fraction of sp³-hybridized carbons (Fsp3) is 0.409. The Balaban J connectivity index is 1.47. The van der Waals surface area contributed by atoms with Gasteiger partial charge in [0.1, 0.15) is 17.2 Å². The molecule has 0 aliphatic carbocycles. The van der Waals surface area contributed by atoms with Gasteiger partial charge >= 0.3 is 0 Å². The number of hydrogen-bond donors (Lipinski definition) is 2. The van der Waals surface area contributed by atoms with Crippen LogP contribution in [0.15, 0.2) is 30.7 Å². The lowest BCUT2D eigenvalue weighted by Crippen LogP contribution is -2.22. The molecule has 1 fully saturated rings. The third-order valence-corrected chi connectivity index (χ3v) is 6.26. The Bertz CT molecular complexity index is 1330. The second kappa shape index (κ2) is 7.69. The molecule has 2 unspecified atom stereocenters. The van der Waals surface area contributed by atoms with E-state index in [0.29, 0.717) is 36.5 Å². The number of fused-ring (bicyclic) bond motifs is 5. The number of β-amino-alcohol motifs (C(OH)–C–C–N with tert-alkyl or cyclic N) is 1. The molecular weight excluding hydrogens is 422 g/mol. The largest absolute Gasteiger partial charge is 0.477 e. The molecule has 2 aliphatic heterocycles. The van der Waals surface area contributed by atoms with Crippen molar-refractivity contribution in [2.24, 2.45) is 7.05 Å². The Morgan fingerprint density at radius 1 is 1.18 bits per heavy atom. The summed E-state index contributed by atoms with van der Waals surface area (Å²) in [6.07, 6.45) is 6.43. The van der Waals surface area contributed by atoms with Crippen molar-refractivity contribution < 1.29 is 9.84 Å². The first kappa shape index (κ1) is 19.9. The summed E-state index contributed by atoms with van der Waals surface area (Å²) >= 11 is 0. The zero-order valence-corrected chi connectivity index (χ0v) is 18.5. The van der Waals surface area contributed by atoms with Crippen LogP contribution in [-0.2, 0) is 7.05 Å². The predicted octanol–water partition coefficient (Wildman–Crippen LogP) is 2.28. The van der Waals surface area contributed by atoms with Gasteiger partial charge in [-0.1, -0.05) is 0 Å². The second-order valence-electron chi connectivity index (χ2n) is 8.61. The van der Waals surface area contributed by atoms with Crippen molar-refractivity contribution >= 4 is 28.4 Å². The first-order chi connectivity index (χ1) is 16.1. The van der Waals surface area contributed by atoms with Gasteiger partial charge in [-0.05, 0) is 19.4 Å². The molecule has 2 atom stereocenters. The molecule has 11 heteroatoms. The SMILES string of the molecule is CC1CCOc2c(cnn2C)-c2nccc(n2)Nc2cc3c(cn2)c(N2CCC(O)C2)nn31. The lowest BCUT2D eigenvalue weighted by atomic mass is 10.2. The van der Waals surface area contributed by atoms with Crippen molar-refractivity contribution in [3.8, 4) is 17.3 Å². The van der Waals surface area contributed by atoms with Crippen LogP contribution in [-0.4, -0.2) is 65.4 Å². The van der Waals surface area contributed by atoms with Crippen LogP contribution in [0.5, 0.6) is 5.88 Å². The van der Waals surface area contributed by atoms with E-state index in [1.165, 1.54) is 0 Å². The zero-order chi connectivity index (χ0) is 22.5. The Morgan fingerprint density at radius 3 is 2.94 bits per heavy atom. The van der Waals surface area contributed by atoms with Gasteiger partial charge in [0.25, 0.3) is 0 Å². The van der Waals surface area contributed by atoms with Crippen molar-refractivity contribution in [1.82, 2.24) is 34.5 Å². The van der Waals surface area contributed by atoms with E-state index in [2.05, 4.69) is 37.2 Å². The highest BCUT2D eigenvalue weighted by Gasteiger charge is 2.27. The smallest absolute Gasteiger partial charge is 0.222 e. The fourth-order valence-electron chi connectivity index (χ4n) is 4.48. The van der Waals surface area contributed by atoms with E-state index in [4.69, 9.17) is 9.84 Å². The Kier molecular flexibility index (Phi) is 4.64. The number of nitrogens with zero attached hydrogens (tertiary/aromatic N) is 8. The minimum Gasteiger partial charge on any atom is -0.477 e. The molecule has 0 saturated carbocycles. The Hall–Kier alpha value is -3.73. The molecule has 2 N–H and O–H groups in total. The maximum Gasteiger partial charge on any atom is 0.222 e. The molecule has 1 saturated heterocycles. The maximum atomic E-state index is 10.1. The van der Waals surface area contributed by atoms with Crippen molar-refractivity contribution in [2.45, 2.75) is 31.9 Å². The van der Waals surface area contributed by atoms with Crippen LogP contribution in [0, 0.1) is 0 Å². The highest BCUT2D eigenvalue weighted by atomic mass is 16.5. The molecule has 170 valence electrons. The van der Waals surface area contributed by atoms with E-state index in [-0.39, 0.29) is 12.1 Å². The topological polar surface area (TPSA) is 119 Å². The number of rotatable bonds is 1.